The summed E-state index contributed by atoms with van der Waals surface area (Å²) in [4.78, 5) is 42.2. The summed E-state index contributed by atoms with van der Waals surface area (Å²) in [5.74, 6) is 0.685. The first-order chi connectivity index (χ1) is 16.1. The maximum absolute atomic E-state index is 13.3. The lowest BCUT2D eigenvalue weighted by molar-refractivity contribution is -0.143. The lowest BCUT2D eigenvalue weighted by atomic mass is 9.83. The Labute approximate surface area is 197 Å². The van der Waals surface area contributed by atoms with Crippen molar-refractivity contribution in [2.75, 3.05) is 33.3 Å². The molecular weight excluding hydrogens is 418 g/mol. The number of carbonyl (C=O) groups excluding carboxylic acids is 3. The fourth-order valence-electron chi connectivity index (χ4n) is 5.00. The first-order valence-electron chi connectivity index (χ1n) is 12.5. The van der Waals surface area contributed by atoms with Crippen LogP contribution >= 0.6 is 0 Å². The minimum atomic E-state index is -0.332. The second-order valence-electron chi connectivity index (χ2n) is 9.11. The Morgan fingerprint density at radius 1 is 1.06 bits per heavy atom. The van der Waals surface area contributed by atoms with E-state index in [0.29, 0.717) is 44.6 Å². The van der Waals surface area contributed by atoms with Crippen molar-refractivity contribution < 1.29 is 19.1 Å². The van der Waals surface area contributed by atoms with Gasteiger partial charge in [-0.3, -0.25) is 14.4 Å². The van der Waals surface area contributed by atoms with Crippen molar-refractivity contribution in [1.82, 2.24) is 15.1 Å². The smallest absolute Gasteiger partial charge is 0.225 e. The second-order valence-corrected chi connectivity index (χ2v) is 9.11. The number of ether oxygens (including phenoxy) is 1. The summed E-state index contributed by atoms with van der Waals surface area (Å²) in [5, 5.41) is 3.10. The number of likely N-dealkylation sites (tertiary alicyclic amines) is 2. The molecule has 3 amide bonds. The SMILES string of the molecule is CCCCN1C(=O)CC[C@@H](C(=O)NCCCN2CCCCCC2=O)[C@H]1c1ccccc1OC. The Balaban J connectivity index is 1.68. The van der Waals surface area contributed by atoms with Crippen molar-refractivity contribution >= 4 is 17.7 Å². The van der Waals surface area contributed by atoms with E-state index in [1.165, 1.54) is 0 Å². The van der Waals surface area contributed by atoms with Gasteiger partial charge in [0, 0.05) is 44.6 Å². The van der Waals surface area contributed by atoms with Crippen LogP contribution < -0.4 is 10.1 Å². The normalized spacial score (nSPS) is 21.6. The van der Waals surface area contributed by atoms with E-state index < -0.39 is 0 Å². The predicted octanol–water partition coefficient (Wildman–Crippen LogP) is 3.68. The molecule has 2 aliphatic rings. The molecule has 2 fully saturated rings. The van der Waals surface area contributed by atoms with E-state index in [9.17, 15) is 14.4 Å². The van der Waals surface area contributed by atoms with E-state index in [1.807, 2.05) is 34.1 Å². The summed E-state index contributed by atoms with van der Waals surface area (Å²) in [6.45, 7) is 4.77. The molecule has 2 heterocycles. The second kappa shape index (κ2) is 12.6. The number of benzene rings is 1. The monoisotopic (exact) mass is 457 g/mol. The van der Waals surface area contributed by atoms with Gasteiger partial charge in [0.15, 0.2) is 0 Å². The average molecular weight is 458 g/mol. The summed E-state index contributed by atoms with van der Waals surface area (Å²) >= 11 is 0. The van der Waals surface area contributed by atoms with Gasteiger partial charge in [0.05, 0.1) is 19.1 Å². The molecule has 2 atom stereocenters. The topological polar surface area (TPSA) is 79.0 Å². The molecule has 182 valence electrons. The van der Waals surface area contributed by atoms with Crippen LogP contribution in [0.5, 0.6) is 5.75 Å². The van der Waals surface area contributed by atoms with Gasteiger partial charge in [-0.1, -0.05) is 38.0 Å². The third-order valence-electron chi connectivity index (χ3n) is 6.83. The minimum absolute atomic E-state index is 0.0258. The molecule has 3 rings (SSSR count). The zero-order valence-electron chi connectivity index (χ0n) is 20.2. The van der Waals surface area contributed by atoms with Crippen molar-refractivity contribution in [3.8, 4) is 5.75 Å². The highest BCUT2D eigenvalue weighted by atomic mass is 16.5. The standard InChI is InChI=1S/C26H39N3O4/c1-3-4-19-29-24(31)15-14-21(25(29)20-11-7-8-12-22(20)33-2)26(32)27-16-10-18-28-17-9-5-6-13-23(28)30/h7-8,11-12,21,25H,3-6,9-10,13-19H2,1-2H3,(H,27,32)/t21-,25-/m1/s1. The molecule has 0 bridgehead atoms. The fraction of sp³-hybridized carbons (Fsp3) is 0.654. The number of nitrogens with one attached hydrogen (secondary N) is 1. The van der Waals surface area contributed by atoms with Crippen molar-refractivity contribution in [1.29, 1.82) is 0 Å². The molecule has 0 unspecified atom stereocenters. The molecule has 7 heteroatoms. The molecule has 0 aromatic heterocycles. The number of piperidine rings is 1. The third-order valence-corrected chi connectivity index (χ3v) is 6.83. The highest BCUT2D eigenvalue weighted by molar-refractivity contribution is 5.85. The van der Waals surface area contributed by atoms with Crippen LogP contribution in [-0.2, 0) is 14.4 Å². The van der Waals surface area contributed by atoms with Crippen LogP contribution in [0, 0.1) is 5.92 Å². The lowest BCUT2D eigenvalue weighted by Gasteiger charge is -2.41. The van der Waals surface area contributed by atoms with Crippen LogP contribution in [0.15, 0.2) is 24.3 Å². The van der Waals surface area contributed by atoms with Crippen molar-refractivity contribution in [2.24, 2.45) is 5.92 Å². The molecule has 0 aliphatic carbocycles. The molecule has 0 spiro atoms. The summed E-state index contributed by atoms with van der Waals surface area (Å²) in [5.41, 5.74) is 0.888. The van der Waals surface area contributed by atoms with Gasteiger partial charge < -0.3 is 19.9 Å². The Morgan fingerprint density at radius 3 is 2.67 bits per heavy atom. The van der Waals surface area contributed by atoms with Gasteiger partial charge in [0.25, 0.3) is 0 Å². The van der Waals surface area contributed by atoms with Crippen molar-refractivity contribution in [3.05, 3.63) is 29.8 Å². The predicted molar refractivity (Wildman–Crippen MR) is 128 cm³/mol. The Morgan fingerprint density at radius 2 is 1.88 bits per heavy atom. The fourth-order valence-corrected chi connectivity index (χ4v) is 5.00. The van der Waals surface area contributed by atoms with Gasteiger partial charge in [-0.05, 0) is 38.2 Å². The Hall–Kier alpha value is -2.57. The van der Waals surface area contributed by atoms with Gasteiger partial charge in [-0.2, -0.15) is 0 Å². The lowest BCUT2D eigenvalue weighted by Crippen LogP contribution is -2.48. The minimum Gasteiger partial charge on any atom is -0.496 e. The summed E-state index contributed by atoms with van der Waals surface area (Å²) < 4.78 is 5.59. The van der Waals surface area contributed by atoms with E-state index in [-0.39, 0.29) is 29.7 Å². The van der Waals surface area contributed by atoms with Gasteiger partial charge in [0.1, 0.15) is 5.75 Å². The molecule has 2 aliphatic heterocycles. The molecule has 1 N–H and O–H groups in total. The maximum Gasteiger partial charge on any atom is 0.225 e. The molecule has 2 saturated heterocycles. The van der Waals surface area contributed by atoms with E-state index in [0.717, 1.165) is 50.6 Å². The molecular formula is C26H39N3O4. The summed E-state index contributed by atoms with van der Waals surface area (Å²) in [6, 6.07) is 7.36. The molecule has 0 radical (unpaired) electrons. The first-order valence-corrected chi connectivity index (χ1v) is 12.5. The Bertz CT molecular complexity index is 812. The van der Waals surface area contributed by atoms with Gasteiger partial charge in [-0.25, -0.2) is 0 Å². The molecule has 7 nitrogen and oxygen atoms in total. The molecule has 1 aromatic rings. The summed E-state index contributed by atoms with van der Waals surface area (Å²) in [6.07, 6.45) is 7.31. The number of carbonyl (C=O) groups is 3. The third kappa shape index (κ3) is 6.49. The van der Waals surface area contributed by atoms with E-state index in [1.54, 1.807) is 7.11 Å². The van der Waals surface area contributed by atoms with Crippen LogP contribution in [0.3, 0.4) is 0 Å². The molecule has 0 saturated carbocycles. The largest absolute Gasteiger partial charge is 0.496 e. The van der Waals surface area contributed by atoms with Crippen LogP contribution in [0.25, 0.3) is 0 Å². The number of rotatable bonds is 10. The summed E-state index contributed by atoms with van der Waals surface area (Å²) in [7, 11) is 1.62. The zero-order chi connectivity index (χ0) is 23.6. The number of nitrogens with zero attached hydrogens (tertiary/aromatic N) is 2. The van der Waals surface area contributed by atoms with E-state index in [2.05, 4.69) is 12.2 Å². The number of hydrogen-bond acceptors (Lipinski definition) is 4. The number of para-hydroxylation sites is 1. The van der Waals surface area contributed by atoms with E-state index in [4.69, 9.17) is 4.74 Å². The number of hydrogen-bond donors (Lipinski definition) is 1. The van der Waals surface area contributed by atoms with Crippen molar-refractivity contribution in [3.63, 3.8) is 0 Å². The van der Waals surface area contributed by atoms with Crippen LogP contribution in [0.2, 0.25) is 0 Å². The number of methoxy groups -OCH3 is 1. The number of amides is 3. The highest BCUT2D eigenvalue weighted by Gasteiger charge is 2.41. The van der Waals surface area contributed by atoms with Crippen LogP contribution in [-0.4, -0.2) is 60.8 Å². The van der Waals surface area contributed by atoms with Crippen LogP contribution in [0.1, 0.15) is 76.3 Å². The average Bonchev–Trinajstić information content (AvgIpc) is 3.04. The first kappa shape index (κ1) is 25.1. The molecule has 33 heavy (non-hydrogen) atoms. The number of unbranched alkanes of at least 4 members (excludes halogenated alkanes) is 1. The quantitative estimate of drug-likeness (QED) is 0.544. The van der Waals surface area contributed by atoms with Crippen LogP contribution in [0.4, 0.5) is 0 Å². The Kier molecular flexibility index (Phi) is 9.58. The maximum atomic E-state index is 13.3. The van der Waals surface area contributed by atoms with Gasteiger partial charge in [-0.15, -0.1) is 0 Å². The highest BCUT2D eigenvalue weighted by Crippen LogP contribution is 2.40. The van der Waals surface area contributed by atoms with Gasteiger partial charge in [0.2, 0.25) is 17.7 Å². The molecule has 1 aromatic carbocycles. The van der Waals surface area contributed by atoms with E-state index >= 15 is 0 Å². The zero-order valence-corrected chi connectivity index (χ0v) is 20.2. The van der Waals surface area contributed by atoms with Gasteiger partial charge >= 0.3 is 0 Å². The van der Waals surface area contributed by atoms with Crippen molar-refractivity contribution in [2.45, 2.75) is 70.8 Å².